The summed E-state index contributed by atoms with van der Waals surface area (Å²) in [7, 11) is 0. The van der Waals surface area contributed by atoms with Crippen molar-refractivity contribution in [3.63, 3.8) is 0 Å². The van der Waals surface area contributed by atoms with Gasteiger partial charge < -0.3 is 9.84 Å². The number of alkyl halides is 12. The van der Waals surface area contributed by atoms with Crippen molar-refractivity contribution in [3.8, 4) is 28.8 Å². The predicted molar refractivity (Wildman–Crippen MR) is 138 cm³/mol. The van der Waals surface area contributed by atoms with Crippen molar-refractivity contribution < 1.29 is 66.9 Å². The molecule has 2 aromatic carbocycles. The Morgan fingerprint density at radius 1 is 0.625 bits per heavy atom. The van der Waals surface area contributed by atoms with E-state index in [0.717, 1.165) is 36.5 Å². The Bertz CT molecular complexity index is 1910. The molecule has 21 heteroatoms. The molecule has 5 rings (SSSR count). The van der Waals surface area contributed by atoms with E-state index >= 15 is 0 Å². The van der Waals surface area contributed by atoms with Gasteiger partial charge in [-0.3, -0.25) is 0 Å². The van der Waals surface area contributed by atoms with Crippen LogP contribution in [-0.2, 0) is 24.7 Å². The highest BCUT2D eigenvalue weighted by Gasteiger charge is 2.44. The third-order valence-electron chi connectivity index (χ3n) is 5.76. The summed E-state index contributed by atoms with van der Waals surface area (Å²) in [6, 6.07) is 10.0. The number of aromatic nitrogens is 5. The van der Waals surface area contributed by atoms with Crippen LogP contribution in [-0.4, -0.2) is 29.7 Å². The van der Waals surface area contributed by atoms with Crippen LogP contribution in [0.2, 0.25) is 5.02 Å². The summed E-state index contributed by atoms with van der Waals surface area (Å²) < 4.78 is 173. The smallest absolute Gasteiger partial charge is 0.435 e. The molecule has 3 heterocycles. The van der Waals surface area contributed by atoms with E-state index in [1.54, 1.807) is 0 Å². The first-order valence-electron chi connectivity index (χ1n) is 12.4. The number of para-hydroxylation sites is 4. The highest BCUT2D eigenvalue weighted by molar-refractivity contribution is 6.30. The van der Waals surface area contributed by atoms with Crippen molar-refractivity contribution in [3.05, 3.63) is 107 Å². The van der Waals surface area contributed by atoms with Crippen LogP contribution in [0.4, 0.5) is 57.1 Å². The molecule has 7 nitrogen and oxygen atoms in total. The second-order valence-electron chi connectivity index (χ2n) is 9.14. The molecule has 0 amide bonds. The maximum Gasteiger partial charge on any atom is 0.435 e. The van der Waals surface area contributed by atoms with Crippen LogP contribution < -0.4 is 4.74 Å². The zero-order chi connectivity index (χ0) is 35.8. The summed E-state index contributed by atoms with van der Waals surface area (Å²) in [6.45, 7) is 0. The quantitative estimate of drug-likeness (QED) is 0.187. The van der Waals surface area contributed by atoms with Crippen LogP contribution in [0.3, 0.4) is 0 Å². The van der Waals surface area contributed by atoms with Gasteiger partial charge in [0.15, 0.2) is 23.0 Å². The van der Waals surface area contributed by atoms with Gasteiger partial charge in [-0.05, 0) is 30.3 Å². The summed E-state index contributed by atoms with van der Waals surface area (Å²) in [6.07, 6.45) is -19.3. The van der Waals surface area contributed by atoms with Crippen molar-refractivity contribution in [1.82, 2.24) is 24.5 Å². The Labute approximate surface area is 263 Å². The van der Waals surface area contributed by atoms with Crippen LogP contribution >= 0.6 is 11.6 Å². The number of benzene rings is 2. The lowest BCUT2D eigenvalue weighted by molar-refractivity contribution is -0.145. The Morgan fingerprint density at radius 3 is 1.54 bits per heavy atom. The fraction of sp³-hybridized carbons (Fsp3) is 0.148. The summed E-state index contributed by atoms with van der Waals surface area (Å²) in [5, 5.41) is 15.3. The van der Waals surface area contributed by atoms with Gasteiger partial charge in [-0.1, -0.05) is 35.9 Å². The van der Waals surface area contributed by atoms with Crippen LogP contribution in [0.1, 0.15) is 22.8 Å². The number of hydrogen-bond donors (Lipinski definition) is 1. The monoisotopic (exact) mass is 721 g/mol. The van der Waals surface area contributed by atoms with Gasteiger partial charge in [0, 0.05) is 18.3 Å². The fourth-order valence-electron chi connectivity index (χ4n) is 3.75. The molecule has 0 atom stereocenters. The minimum absolute atomic E-state index is 0.0259. The standard InChI is InChI=1S/C16H7ClF7N3O.C11H6F6N2O/c17-8-5-9(18)14(25-7-8)28-11-4-2-1-3-10(11)27-13(16(22,23)24)6-12(26-27)15(19,20)21;12-10(13,14)8-5-9(11(15,16)17)19(18-8)6-3-1-2-4-7(6)20/h1-7H;1-5,20H. The maximum atomic E-state index is 13.9. The maximum absolute atomic E-state index is 13.9. The zero-order valence-electron chi connectivity index (χ0n) is 22.8. The van der Waals surface area contributed by atoms with Crippen LogP contribution in [0.25, 0.3) is 11.4 Å². The number of phenolic OH excluding ortho intramolecular Hbond substituents is 1. The summed E-state index contributed by atoms with van der Waals surface area (Å²) in [5.41, 5.74) is -7.72. The van der Waals surface area contributed by atoms with E-state index in [2.05, 4.69) is 15.2 Å². The number of pyridine rings is 1. The highest BCUT2D eigenvalue weighted by atomic mass is 35.5. The molecule has 0 fully saturated rings. The summed E-state index contributed by atoms with van der Waals surface area (Å²) >= 11 is 5.56. The second-order valence-corrected chi connectivity index (χ2v) is 9.58. The van der Waals surface area contributed by atoms with Crippen molar-refractivity contribution in [1.29, 1.82) is 0 Å². The minimum Gasteiger partial charge on any atom is -0.506 e. The Morgan fingerprint density at radius 2 is 1.08 bits per heavy atom. The van der Waals surface area contributed by atoms with Gasteiger partial charge in [0.1, 0.15) is 28.5 Å². The van der Waals surface area contributed by atoms with E-state index in [1.807, 2.05) is 0 Å². The van der Waals surface area contributed by atoms with E-state index in [4.69, 9.17) is 16.3 Å². The molecule has 48 heavy (non-hydrogen) atoms. The average molecular weight is 722 g/mol. The number of ether oxygens (including phenoxy) is 1. The lowest BCUT2D eigenvalue weighted by atomic mass is 10.2. The lowest BCUT2D eigenvalue weighted by Gasteiger charge is -2.14. The van der Waals surface area contributed by atoms with Crippen LogP contribution in [0.15, 0.2) is 72.9 Å². The van der Waals surface area contributed by atoms with Gasteiger partial charge in [-0.15, -0.1) is 0 Å². The number of phenols is 1. The third-order valence-corrected chi connectivity index (χ3v) is 5.97. The van der Waals surface area contributed by atoms with Crippen molar-refractivity contribution >= 4 is 11.6 Å². The molecule has 0 bridgehead atoms. The van der Waals surface area contributed by atoms with Gasteiger partial charge >= 0.3 is 24.7 Å². The Balaban J connectivity index is 0.000000229. The normalized spacial score (nSPS) is 12.5. The van der Waals surface area contributed by atoms with Crippen molar-refractivity contribution in [2.24, 2.45) is 0 Å². The number of rotatable bonds is 4. The third kappa shape index (κ3) is 8.09. The van der Waals surface area contributed by atoms with Crippen molar-refractivity contribution in [2.75, 3.05) is 0 Å². The molecule has 0 unspecified atom stereocenters. The molecule has 0 saturated carbocycles. The Hall–Kier alpha value is -5.01. The van der Waals surface area contributed by atoms with E-state index in [9.17, 15) is 62.2 Å². The van der Waals surface area contributed by atoms with Gasteiger partial charge in [0.2, 0.25) is 0 Å². The lowest BCUT2D eigenvalue weighted by Crippen LogP contribution is -2.14. The minimum atomic E-state index is -5.15. The first kappa shape index (κ1) is 35.8. The highest BCUT2D eigenvalue weighted by Crippen LogP contribution is 2.40. The molecule has 0 saturated heterocycles. The molecule has 0 spiro atoms. The second kappa shape index (κ2) is 12.9. The van der Waals surface area contributed by atoms with Crippen LogP contribution in [0, 0.1) is 5.82 Å². The molecule has 0 aliphatic carbocycles. The largest absolute Gasteiger partial charge is 0.506 e. The molecular formula is C27H13ClF13N5O2. The van der Waals surface area contributed by atoms with Gasteiger partial charge in [-0.2, -0.15) is 62.9 Å². The van der Waals surface area contributed by atoms with Crippen LogP contribution in [0.5, 0.6) is 17.4 Å². The average Bonchev–Trinajstić information content (AvgIpc) is 3.62. The molecular weight excluding hydrogens is 709 g/mol. The number of hydrogen-bond acceptors (Lipinski definition) is 5. The zero-order valence-corrected chi connectivity index (χ0v) is 23.6. The predicted octanol–water partition coefficient (Wildman–Crippen LogP) is 9.51. The molecule has 5 aromatic rings. The molecule has 256 valence electrons. The molecule has 1 N–H and O–H groups in total. The summed E-state index contributed by atoms with van der Waals surface area (Å²) in [4.78, 5) is 3.56. The number of halogens is 14. The first-order valence-corrected chi connectivity index (χ1v) is 12.8. The molecule has 0 radical (unpaired) electrons. The van der Waals surface area contributed by atoms with Crippen molar-refractivity contribution in [2.45, 2.75) is 24.7 Å². The summed E-state index contributed by atoms with van der Waals surface area (Å²) in [5.74, 6) is -2.67. The molecule has 0 aliphatic heterocycles. The number of aromatic hydroxyl groups is 1. The van der Waals surface area contributed by atoms with Gasteiger partial charge in [0.25, 0.3) is 5.88 Å². The van der Waals surface area contributed by atoms with Gasteiger partial charge in [-0.25, -0.2) is 18.7 Å². The fourth-order valence-corrected chi connectivity index (χ4v) is 3.90. The van der Waals surface area contributed by atoms with E-state index in [1.165, 1.54) is 24.3 Å². The van der Waals surface area contributed by atoms with Gasteiger partial charge in [0.05, 0.1) is 5.02 Å². The number of nitrogens with zero attached hydrogens (tertiary/aromatic N) is 5. The van der Waals surface area contributed by atoms with E-state index in [0.29, 0.717) is 0 Å². The van der Waals surface area contributed by atoms with E-state index < -0.39 is 82.1 Å². The molecule has 0 aliphatic rings. The van der Waals surface area contributed by atoms with E-state index in [-0.39, 0.29) is 26.5 Å². The molecule has 3 aromatic heterocycles. The SMILES string of the molecule is Fc1cc(Cl)cnc1Oc1ccccc1-n1nc(C(F)(F)F)cc1C(F)(F)F.Oc1ccccc1-n1nc(C(F)(F)F)cc1C(F)(F)F. The topological polar surface area (TPSA) is 78.0 Å². The Kier molecular flexibility index (Phi) is 9.62. The first-order chi connectivity index (χ1) is 22.1.